The van der Waals surface area contributed by atoms with E-state index in [4.69, 9.17) is 17.3 Å². The Kier molecular flexibility index (Phi) is 3.76. The lowest BCUT2D eigenvalue weighted by Crippen LogP contribution is -2.30. The molecule has 0 aliphatic carbocycles. The van der Waals surface area contributed by atoms with E-state index in [1.54, 1.807) is 6.92 Å². The molecule has 0 unspecified atom stereocenters. The molecule has 1 aromatic carbocycles. The van der Waals surface area contributed by atoms with E-state index in [2.05, 4.69) is 0 Å². The molecule has 2 rings (SSSR count). The molecule has 4 N–H and O–H groups in total. The molecule has 1 heterocycles. The standard InChI is InChI=1S/C11H15ClN2O4S/c1-6-8(12)2-7(3-9(6)13)19(17,18)14-4-10(15)11(16)5-14/h2-3,10-11,15-16H,4-5,13H2,1H3/t10-,11+. The van der Waals surface area contributed by atoms with Crippen LogP contribution in [0.1, 0.15) is 5.56 Å². The molecule has 1 saturated heterocycles. The van der Waals surface area contributed by atoms with Gasteiger partial charge in [0.2, 0.25) is 10.0 Å². The first-order valence-corrected chi connectivity index (χ1v) is 7.47. The number of hydrogen-bond donors (Lipinski definition) is 3. The number of nitrogens with two attached hydrogens (primary N) is 1. The van der Waals surface area contributed by atoms with Gasteiger partial charge in [-0.05, 0) is 24.6 Å². The van der Waals surface area contributed by atoms with Gasteiger partial charge in [0.1, 0.15) is 0 Å². The third-order valence-corrected chi connectivity index (χ3v) is 5.42. The molecular formula is C11H15ClN2O4S. The average Bonchev–Trinajstić information content (AvgIpc) is 2.66. The summed E-state index contributed by atoms with van der Waals surface area (Å²) in [5.41, 5.74) is 6.60. The van der Waals surface area contributed by atoms with Crippen molar-refractivity contribution in [1.29, 1.82) is 0 Å². The summed E-state index contributed by atoms with van der Waals surface area (Å²) in [6, 6.07) is 2.65. The molecule has 2 atom stereocenters. The van der Waals surface area contributed by atoms with Gasteiger partial charge < -0.3 is 15.9 Å². The molecule has 1 aliphatic heterocycles. The van der Waals surface area contributed by atoms with Gasteiger partial charge in [-0.1, -0.05) is 11.6 Å². The first kappa shape index (κ1) is 14.5. The number of nitrogen functional groups attached to an aromatic ring is 1. The zero-order valence-electron chi connectivity index (χ0n) is 10.2. The van der Waals surface area contributed by atoms with E-state index < -0.39 is 22.2 Å². The predicted octanol–water partition coefficient (Wildman–Crippen LogP) is -0.0433. The average molecular weight is 307 g/mol. The molecule has 0 radical (unpaired) electrons. The lowest BCUT2D eigenvalue weighted by molar-refractivity contribution is 0.0572. The smallest absolute Gasteiger partial charge is 0.243 e. The molecule has 1 aliphatic rings. The van der Waals surface area contributed by atoms with Crippen molar-refractivity contribution < 1.29 is 18.6 Å². The zero-order valence-corrected chi connectivity index (χ0v) is 11.8. The molecule has 19 heavy (non-hydrogen) atoms. The van der Waals surface area contributed by atoms with E-state index >= 15 is 0 Å². The Morgan fingerprint density at radius 3 is 2.32 bits per heavy atom. The van der Waals surface area contributed by atoms with E-state index in [0.29, 0.717) is 5.56 Å². The summed E-state index contributed by atoms with van der Waals surface area (Å²) in [5.74, 6) is 0. The van der Waals surface area contributed by atoms with Gasteiger partial charge in [-0.3, -0.25) is 0 Å². The van der Waals surface area contributed by atoms with Crippen molar-refractivity contribution in [3.63, 3.8) is 0 Å². The maximum Gasteiger partial charge on any atom is 0.243 e. The Morgan fingerprint density at radius 1 is 1.32 bits per heavy atom. The van der Waals surface area contributed by atoms with Crippen LogP contribution in [0.2, 0.25) is 5.02 Å². The Morgan fingerprint density at radius 2 is 1.84 bits per heavy atom. The van der Waals surface area contributed by atoms with Crippen molar-refractivity contribution in [2.45, 2.75) is 24.0 Å². The van der Waals surface area contributed by atoms with Gasteiger partial charge in [-0.25, -0.2) is 8.42 Å². The van der Waals surface area contributed by atoms with E-state index in [1.165, 1.54) is 12.1 Å². The minimum absolute atomic E-state index is 0.0399. The molecule has 1 fully saturated rings. The van der Waals surface area contributed by atoms with E-state index in [9.17, 15) is 18.6 Å². The third-order valence-electron chi connectivity index (χ3n) is 3.22. The fourth-order valence-corrected chi connectivity index (χ4v) is 3.73. The first-order chi connectivity index (χ1) is 8.73. The number of sulfonamides is 1. The topological polar surface area (TPSA) is 104 Å². The number of benzene rings is 1. The summed E-state index contributed by atoms with van der Waals surface area (Å²) in [6.07, 6.45) is -2.15. The minimum Gasteiger partial charge on any atom is -0.398 e. The van der Waals surface area contributed by atoms with Gasteiger partial charge in [-0.15, -0.1) is 0 Å². The lowest BCUT2D eigenvalue weighted by atomic mass is 10.2. The third kappa shape index (κ3) is 2.56. The maximum absolute atomic E-state index is 12.3. The Bertz CT molecular complexity index is 572. The summed E-state index contributed by atoms with van der Waals surface area (Å²) in [6.45, 7) is 1.40. The number of rotatable bonds is 2. The molecule has 0 aromatic heterocycles. The summed E-state index contributed by atoms with van der Waals surface area (Å²) in [7, 11) is -3.82. The van der Waals surface area contributed by atoms with Crippen molar-refractivity contribution in [3.8, 4) is 0 Å². The quantitative estimate of drug-likeness (QED) is 0.665. The van der Waals surface area contributed by atoms with Crippen LogP contribution in [-0.2, 0) is 10.0 Å². The van der Waals surface area contributed by atoms with Crippen LogP contribution in [0.15, 0.2) is 17.0 Å². The fraction of sp³-hybridized carbons (Fsp3) is 0.455. The zero-order chi connectivity index (χ0) is 14.4. The number of hydrogen-bond acceptors (Lipinski definition) is 5. The van der Waals surface area contributed by atoms with Crippen molar-refractivity contribution in [2.24, 2.45) is 0 Å². The van der Waals surface area contributed by atoms with Crippen LogP contribution >= 0.6 is 11.6 Å². The predicted molar refractivity (Wildman–Crippen MR) is 71.4 cm³/mol. The number of aliphatic hydroxyl groups is 2. The highest BCUT2D eigenvalue weighted by Gasteiger charge is 2.37. The molecule has 106 valence electrons. The van der Waals surface area contributed by atoms with Crippen molar-refractivity contribution in [3.05, 3.63) is 22.7 Å². The van der Waals surface area contributed by atoms with Gasteiger partial charge in [0.05, 0.1) is 17.1 Å². The Hall–Kier alpha value is -0.860. The Labute approximate surface area is 116 Å². The van der Waals surface area contributed by atoms with Crippen molar-refractivity contribution in [1.82, 2.24) is 4.31 Å². The lowest BCUT2D eigenvalue weighted by Gasteiger charge is -2.16. The van der Waals surface area contributed by atoms with E-state index in [1.807, 2.05) is 0 Å². The molecule has 8 heteroatoms. The molecule has 1 aromatic rings. The Balaban J connectivity index is 2.41. The number of halogens is 1. The van der Waals surface area contributed by atoms with E-state index in [0.717, 1.165) is 4.31 Å². The van der Waals surface area contributed by atoms with Crippen molar-refractivity contribution >= 4 is 27.3 Å². The maximum atomic E-state index is 12.3. The van der Waals surface area contributed by atoms with E-state index in [-0.39, 0.29) is 28.7 Å². The second-order valence-corrected chi connectivity index (χ2v) is 6.92. The summed E-state index contributed by atoms with van der Waals surface area (Å²) < 4.78 is 25.7. The number of anilines is 1. The SMILES string of the molecule is Cc1c(N)cc(S(=O)(=O)N2C[C@@H](O)[C@@H](O)C2)cc1Cl. The van der Waals surface area contributed by atoms with Gasteiger partial charge in [0, 0.05) is 23.8 Å². The number of β-amino-alcohol motifs (C(OH)–C–C–N with tert-alkyl or cyclic N) is 2. The van der Waals surface area contributed by atoms with Crippen LogP contribution in [0.25, 0.3) is 0 Å². The monoisotopic (exact) mass is 306 g/mol. The van der Waals surface area contributed by atoms with Gasteiger partial charge >= 0.3 is 0 Å². The van der Waals surface area contributed by atoms with Gasteiger partial charge in [0.15, 0.2) is 0 Å². The first-order valence-electron chi connectivity index (χ1n) is 5.65. The largest absolute Gasteiger partial charge is 0.398 e. The highest BCUT2D eigenvalue weighted by molar-refractivity contribution is 7.89. The van der Waals surface area contributed by atoms with Crippen LogP contribution in [0.5, 0.6) is 0 Å². The summed E-state index contributed by atoms with van der Waals surface area (Å²) in [4.78, 5) is -0.0399. The second-order valence-electron chi connectivity index (χ2n) is 4.58. The number of aliphatic hydroxyl groups excluding tert-OH is 2. The molecule has 0 spiro atoms. The van der Waals surface area contributed by atoms with Crippen LogP contribution in [-0.4, -0.2) is 48.2 Å². The summed E-state index contributed by atoms with van der Waals surface area (Å²) >= 11 is 5.93. The molecule has 0 bridgehead atoms. The van der Waals surface area contributed by atoms with Crippen molar-refractivity contribution in [2.75, 3.05) is 18.8 Å². The summed E-state index contributed by atoms with van der Waals surface area (Å²) in [5, 5.41) is 19.1. The molecule has 0 amide bonds. The molecule has 6 nitrogen and oxygen atoms in total. The van der Waals surface area contributed by atoms with Crippen LogP contribution in [0.3, 0.4) is 0 Å². The molecule has 0 saturated carbocycles. The highest BCUT2D eigenvalue weighted by Crippen LogP contribution is 2.29. The second kappa shape index (κ2) is 4.92. The normalized spacial score (nSPS) is 24.8. The van der Waals surface area contributed by atoms with Crippen LogP contribution in [0.4, 0.5) is 5.69 Å². The van der Waals surface area contributed by atoms with Gasteiger partial charge in [0.25, 0.3) is 0 Å². The fourth-order valence-electron chi connectivity index (χ4n) is 1.90. The highest BCUT2D eigenvalue weighted by atomic mass is 35.5. The van der Waals surface area contributed by atoms with Crippen LogP contribution in [0, 0.1) is 6.92 Å². The minimum atomic E-state index is -3.82. The van der Waals surface area contributed by atoms with Gasteiger partial charge in [-0.2, -0.15) is 4.31 Å². The molecular weight excluding hydrogens is 292 g/mol. The van der Waals surface area contributed by atoms with Crippen LogP contribution < -0.4 is 5.73 Å². The number of nitrogens with zero attached hydrogens (tertiary/aromatic N) is 1.